The Balaban J connectivity index is 1.66. The van der Waals surface area contributed by atoms with Gasteiger partial charge in [-0.25, -0.2) is 0 Å². The van der Waals surface area contributed by atoms with Crippen LogP contribution >= 0.6 is 22.7 Å². The minimum Gasteiger partial charge on any atom is -0.377 e. The Hall–Kier alpha value is -0.680. The third-order valence-electron chi connectivity index (χ3n) is 4.24. The van der Waals surface area contributed by atoms with Gasteiger partial charge in [-0.1, -0.05) is 12.1 Å². The second-order valence-corrected chi connectivity index (χ2v) is 7.48. The van der Waals surface area contributed by atoms with Gasteiger partial charge in [-0.05, 0) is 42.2 Å². The Morgan fingerprint density at radius 2 is 2.05 bits per heavy atom. The first-order chi connectivity index (χ1) is 9.81. The SMILES string of the molecule is COC1(CNC(Cc2cccs2)c2cccs2)CCC1. The molecule has 2 heterocycles. The maximum atomic E-state index is 5.72. The molecule has 0 spiro atoms. The van der Waals surface area contributed by atoms with Crippen molar-refractivity contribution in [2.45, 2.75) is 37.3 Å². The van der Waals surface area contributed by atoms with Gasteiger partial charge in [0.05, 0.1) is 5.60 Å². The average Bonchev–Trinajstić information content (AvgIpc) is 3.10. The Labute approximate surface area is 128 Å². The maximum absolute atomic E-state index is 5.72. The average molecular weight is 307 g/mol. The predicted molar refractivity (Wildman–Crippen MR) is 86.7 cm³/mol. The van der Waals surface area contributed by atoms with Crippen molar-refractivity contribution in [3.8, 4) is 0 Å². The van der Waals surface area contributed by atoms with E-state index in [-0.39, 0.29) is 5.60 Å². The molecule has 0 bridgehead atoms. The molecule has 2 aromatic heterocycles. The van der Waals surface area contributed by atoms with Crippen molar-refractivity contribution in [1.82, 2.24) is 5.32 Å². The molecule has 1 unspecified atom stereocenters. The van der Waals surface area contributed by atoms with Gasteiger partial charge >= 0.3 is 0 Å². The van der Waals surface area contributed by atoms with E-state index < -0.39 is 0 Å². The molecule has 0 radical (unpaired) electrons. The zero-order valence-corrected chi connectivity index (χ0v) is 13.4. The molecule has 1 aliphatic rings. The molecule has 1 fully saturated rings. The summed E-state index contributed by atoms with van der Waals surface area (Å²) in [5.41, 5.74) is 0.0883. The lowest BCUT2D eigenvalue weighted by atomic mass is 9.80. The van der Waals surface area contributed by atoms with Gasteiger partial charge in [0.15, 0.2) is 0 Å². The third-order valence-corrected chi connectivity index (χ3v) is 6.13. The first kappa shape index (κ1) is 14.3. The van der Waals surface area contributed by atoms with Crippen LogP contribution in [0.15, 0.2) is 35.0 Å². The summed E-state index contributed by atoms with van der Waals surface area (Å²) >= 11 is 3.68. The van der Waals surface area contributed by atoms with Crippen molar-refractivity contribution in [1.29, 1.82) is 0 Å². The standard InChI is InChI=1S/C16H21NOS2/c1-18-16(7-4-8-16)12-17-14(15-6-3-10-20-15)11-13-5-2-9-19-13/h2-3,5-6,9-10,14,17H,4,7-8,11-12H2,1H3. The first-order valence-electron chi connectivity index (χ1n) is 7.16. The Kier molecular flexibility index (Phi) is 4.56. The quantitative estimate of drug-likeness (QED) is 0.825. The highest BCUT2D eigenvalue weighted by Crippen LogP contribution is 2.35. The number of nitrogens with one attached hydrogen (secondary N) is 1. The summed E-state index contributed by atoms with van der Waals surface area (Å²) in [7, 11) is 1.85. The summed E-state index contributed by atoms with van der Waals surface area (Å²) in [6.45, 7) is 0.956. The van der Waals surface area contributed by atoms with Crippen molar-refractivity contribution in [3.05, 3.63) is 44.8 Å². The smallest absolute Gasteiger partial charge is 0.0802 e. The number of rotatable bonds is 7. The van der Waals surface area contributed by atoms with Crippen LogP contribution in [0.25, 0.3) is 0 Å². The van der Waals surface area contributed by atoms with E-state index in [4.69, 9.17) is 4.74 Å². The van der Waals surface area contributed by atoms with Gasteiger partial charge in [0.2, 0.25) is 0 Å². The molecular formula is C16H21NOS2. The third kappa shape index (κ3) is 3.14. The van der Waals surface area contributed by atoms with Crippen LogP contribution in [-0.2, 0) is 11.2 Å². The fourth-order valence-corrected chi connectivity index (χ4v) is 4.28. The minimum atomic E-state index is 0.0883. The Bertz CT molecular complexity index is 497. The maximum Gasteiger partial charge on any atom is 0.0802 e. The lowest BCUT2D eigenvalue weighted by Gasteiger charge is -2.41. The van der Waals surface area contributed by atoms with E-state index in [0.29, 0.717) is 6.04 Å². The molecule has 0 amide bonds. The Morgan fingerprint density at radius 3 is 2.60 bits per heavy atom. The van der Waals surface area contributed by atoms with Gasteiger partial charge in [-0.15, -0.1) is 22.7 Å². The van der Waals surface area contributed by atoms with Crippen molar-refractivity contribution >= 4 is 22.7 Å². The van der Waals surface area contributed by atoms with Crippen LogP contribution in [0.3, 0.4) is 0 Å². The van der Waals surface area contributed by atoms with Gasteiger partial charge < -0.3 is 10.1 Å². The summed E-state index contributed by atoms with van der Waals surface area (Å²) in [5.74, 6) is 0. The van der Waals surface area contributed by atoms with Crippen molar-refractivity contribution in [2.24, 2.45) is 0 Å². The van der Waals surface area contributed by atoms with Crippen LogP contribution < -0.4 is 5.32 Å². The fraction of sp³-hybridized carbons (Fsp3) is 0.500. The molecule has 1 N–H and O–H groups in total. The van der Waals surface area contributed by atoms with Gasteiger partial charge in [0, 0.05) is 35.9 Å². The minimum absolute atomic E-state index is 0.0883. The lowest BCUT2D eigenvalue weighted by molar-refractivity contribution is -0.0708. The normalized spacial score (nSPS) is 18.6. The Morgan fingerprint density at radius 1 is 1.25 bits per heavy atom. The van der Waals surface area contributed by atoms with E-state index in [1.807, 2.05) is 29.8 Å². The summed E-state index contributed by atoms with van der Waals surface area (Å²) < 4.78 is 5.72. The molecular weight excluding hydrogens is 286 g/mol. The molecule has 3 rings (SSSR count). The molecule has 0 aromatic carbocycles. The monoisotopic (exact) mass is 307 g/mol. The van der Waals surface area contributed by atoms with Gasteiger partial charge in [0.1, 0.15) is 0 Å². The van der Waals surface area contributed by atoms with Crippen LogP contribution in [0.5, 0.6) is 0 Å². The van der Waals surface area contributed by atoms with E-state index in [1.54, 1.807) is 0 Å². The topological polar surface area (TPSA) is 21.3 Å². The van der Waals surface area contributed by atoms with Crippen LogP contribution in [-0.4, -0.2) is 19.3 Å². The molecule has 1 saturated carbocycles. The van der Waals surface area contributed by atoms with E-state index in [2.05, 4.69) is 40.3 Å². The summed E-state index contributed by atoms with van der Waals surface area (Å²) in [6, 6.07) is 9.13. The molecule has 2 aromatic rings. The number of ether oxygens (including phenoxy) is 1. The van der Waals surface area contributed by atoms with E-state index >= 15 is 0 Å². The van der Waals surface area contributed by atoms with Crippen LogP contribution in [0.2, 0.25) is 0 Å². The van der Waals surface area contributed by atoms with Crippen molar-refractivity contribution < 1.29 is 4.74 Å². The van der Waals surface area contributed by atoms with E-state index in [1.165, 1.54) is 29.0 Å². The number of hydrogen-bond donors (Lipinski definition) is 1. The lowest BCUT2D eigenvalue weighted by Crippen LogP contribution is -2.48. The van der Waals surface area contributed by atoms with Crippen molar-refractivity contribution in [3.63, 3.8) is 0 Å². The highest BCUT2D eigenvalue weighted by molar-refractivity contribution is 7.10. The summed E-state index contributed by atoms with van der Waals surface area (Å²) in [4.78, 5) is 2.86. The van der Waals surface area contributed by atoms with Crippen molar-refractivity contribution in [2.75, 3.05) is 13.7 Å². The molecule has 2 nitrogen and oxygen atoms in total. The zero-order valence-electron chi connectivity index (χ0n) is 11.8. The highest BCUT2D eigenvalue weighted by Gasteiger charge is 2.37. The van der Waals surface area contributed by atoms with Gasteiger partial charge in [0.25, 0.3) is 0 Å². The summed E-state index contributed by atoms with van der Waals surface area (Å²) in [6.07, 6.45) is 4.74. The van der Waals surface area contributed by atoms with Gasteiger partial charge in [-0.3, -0.25) is 0 Å². The molecule has 1 aliphatic carbocycles. The molecule has 0 saturated heterocycles. The molecule has 1 atom stereocenters. The van der Waals surface area contributed by atoms with Crippen LogP contribution in [0.1, 0.15) is 35.1 Å². The van der Waals surface area contributed by atoms with E-state index in [0.717, 1.165) is 13.0 Å². The number of thiophene rings is 2. The predicted octanol–water partition coefficient (Wildman–Crippen LogP) is 4.25. The van der Waals surface area contributed by atoms with Crippen LogP contribution in [0, 0.1) is 0 Å². The second-order valence-electron chi connectivity index (χ2n) is 5.47. The van der Waals surface area contributed by atoms with Crippen LogP contribution in [0.4, 0.5) is 0 Å². The molecule has 108 valence electrons. The zero-order chi connectivity index (χ0) is 13.8. The largest absolute Gasteiger partial charge is 0.377 e. The molecule has 20 heavy (non-hydrogen) atoms. The number of hydrogen-bond acceptors (Lipinski definition) is 4. The molecule has 4 heteroatoms. The van der Waals surface area contributed by atoms with E-state index in [9.17, 15) is 0 Å². The fourth-order valence-electron chi connectivity index (χ4n) is 2.73. The number of methoxy groups -OCH3 is 1. The second kappa shape index (κ2) is 6.39. The first-order valence-corrected chi connectivity index (χ1v) is 8.92. The highest BCUT2D eigenvalue weighted by atomic mass is 32.1. The molecule has 0 aliphatic heterocycles. The summed E-state index contributed by atoms with van der Waals surface area (Å²) in [5, 5.41) is 8.06. The van der Waals surface area contributed by atoms with Gasteiger partial charge in [-0.2, -0.15) is 0 Å².